The van der Waals surface area contributed by atoms with Gasteiger partial charge in [-0.25, -0.2) is 8.42 Å². The van der Waals surface area contributed by atoms with Crippen molar-refractivity contribution in [3.05, 3.63) is 52.0 Å². The number of benzene rings is 2. The molecule has 2 aromatic carbocycles. The number of hydrogen-bond donors (Lipinski definition) is 1. The van der Waals surface area contributed by atoms with Crippen molar-refractivity contribution in [1.29, 1.82) is 0 Å². The summed E-state index contributed by atoms with van der Waals surface area (Å²) in [4.78, 5) is 11.2. The molecule has 0 saturated heterocycles. The van der Waals surface area contributed by atoms with Crippen molar-refractivity contribution in [2.75, 3.05) is 4.72 Å². The number of sulfonamides is 1. The Balaban J connectivity index is 2.43. The summed E-state index contributed by atoms with van der Waals surface area (Å²) in [5.74, 6) is -0.553. The number of ether oxygens (including phenoxy) is 1. The third-order valence-corrected chi connectivity index (χ3v) is 4.92. The highest BCUT2D eigenvalue weighted by molar-refractivity contribution is 7.92. The van der Waals surface area contributed by atoms with E-state index < -0.39 is 16.0 Å². The van der Waals surface area contributed by atoms with Crippen LogP contribution >= 0.6 is 23.2 Å². The zero-order chi connectivity index (χ0) is 17.2. The van der Waals surface area contributed by atoms with E-state index in [-0.39, 0.29) is 16.3 Å². The highest BCUT2D eigenvalue weighted by Crippen LogP contribution is 2.33. The average Bonchev–Trinajstić information content (AvgIpc) is 2.44. The fourth-order valence-electron chi connectivity index (χ4n) is 1.80. The maximum absolute atomic E-state index is 12.4. The standard InChI is InChI=1S/C15H13Cl2NO4S/c1-9-7-14(15(8-13(9)17)22-10(2)19)18-23(20,21)12-5-3-11(16)4-6-12/h3-8,18H,1-2H3. The van der Waals surface area contributed by atoms with Crippen LogP contribution in [0.5, 0.6) is 5.75 Å². The number of nitrogens with one attached hydrogen (secondary N) is 1. The van der Waals surface area contributed by atoms with Gasteiger partial charge in [0, 0.05) is 23.0 Å². The van der Waals surface area contributed by atoms with Crippen molar-refractivity contribution in [3.8, 4) is 5.75 Å². The zero-order valence-electron chi connectivity index (χ0n) is 12.3. The van der Waals surface area contributed by atoms with Gasteiger partial charge in [0.2, 0.25) is 0 Å². The lowest BCUT2D eigenvalue weighted by Crippen LogP contribution is -2.15. The Labute approximate surface area is 144 Å². The molecule has 0 aliphatic rings. The van der Waals surface area contributed by atoms with Gasteiger partial charge in [-0.2, -0.15) is 0 Å². The first-order chi connectivity index (χ1) is 10.7. The van der Waals surface area contributed by atoms with E-state index in [0.717, 1.165) is 0 Å². The quantitative estimate of drug-likeness (QED) is 0.648. The van der Waals surface area contributed by atoms with Gasteiger partial charge in [0.05, 0.1) is 10.6 Å². The predicted octanol–water partition coefficient (Wildman–Crippen LogP) is 4.03. The van der Waals surface area contributed by atoms with Crippen molar-refractivity contribution in [2.24, 2.45) is 0 Å². The number of anilines is 1. The summed E-state index contributed by atoms with van der Waals surface area (Å²) in [5, 5.41) is 0.780. The predicted molar refractivity (Wildman–Crippen MR) is 89.8 cm³/mol. The molecule has 0 aliphatic heterocycles. The van der Waals surface area contributed by atoms with E-state index in [0.29, 0.717) is 15.6 Å². The molecule has 23 heavy (non-hydrogen) atoms. The molecule has 0 aliphatic carbocycles. The zero-order valence-corrected chi connectivity index (χ0v) is 14.6. The molecule has 0 amide bonds. The Morgan fingerprint density at radius 3 is 2.30 bits per heavy atom. The maximum atomic E-state index is 12.4. The number of aryl methyl sites for hydroxylation is 1. The Morgan fingerprint density at radius 1 is 1.13 bits per heavy atom. The van der Waals surface area contributed by atoms with Crippen LogP contribution in [0.4, 0.5) is 5.69 Å². The molecule has 8 heteroatoms. The maximum Gasteiger partial charge on any atom is 0.308 e. The highest BCUT2D eigenvalue weighted by atomic mass is 35.5. The van der Waals surface area contributed by atoms with Crippen molar-refractivity contribution < 1.29 is 17.9 Å². The van der Waals surface area contributed by atoms with Gasteiger partial charge in [0.15, 0.2) is 5.75 Å². The third kappa shape index (κ3) is 4.37. The Kier molecular flexibility index (Phi) is 5.19. The average molecular weight is 374 g/mol. The van der Waals surface area contributed by atoms with E-state index in [4.69, 9.17) is 27.9 Å². The minimum absolute atomic E-state index is 0.0308. The fraction of sp³-hybridized carbons (Fsp3) is 0.133. The molecule has 0 heterocycles. The van der Waals surface area contributed by atoms with Crippen LogP contribution < -0.4 is 9.46 Å². The molecule has 0 spiro atoms. The number of carbonyl (C=O) groups is 1. The molecule has 5 nitrogen and oxygen atoms in total. The number of hydrogen-bond acceptors (Lipinski definition) is 4. The lowest BCUT2D eigenvalue weighted by molar-refractivity contribution is -0.131. The largest absolute Gasteiger partial charge is 0.424 e. The van der Waals surface area contributed by atoms with E-state index in [1.165, 1.54) is 43.3 Å². The number of esters is 1. The molecular weight excluding hydrogens is 361 g/mol. The molecule has 0 radical (unpaired) electrons. The van der Waals surface area contributed by atoms with E-state index in [9.17, 15) is 13.2 Å². The second-order valence-corrected chi connectivity index (χ2v) is 7.28. The van der Waals surface area contributed by atoms with Crippen LogP contribution in [0.1, 0.15) is 12.5 Å². The third-order valence-electron chi connectivity index (χ3n) is 2.88. The molecule has 2 aromatic rings. The summed E-state index contributed by atoms with van der Waals surface area (Å²) in [6, 6.07) is 8.57. The number of halogens is 2. The first kappa shape index (κ1) is 17.6. The van der Waals surface area contributed by atoms with E-state index >= 15 is 0 Å². The van der Waals surface area contributed by atoms with Crippen LogP contribution in [-0.2, 0) is 14.8 Å². The van der Waals surface area contributed by atoms with Gasteiger partial charge < -0.3 is 4.74 Å². The van der Waals surface area contributed by atoms with E-state index in [2.05, 4.69) is 4.72 Å². The van der Waals surface area contributed by atoms with Gasteiger partial charge in [0.1, 0.15) is 0 Å². The minimum Gasteiger partial charge on any atom is -0.424 e. The summed E-state index contributed by atoms with van der Waals surface area (Å²) in [6.07, 6.45) is 0. The first-order valence-corrected chi connectivity index (χ1v) is 8.70. The second kappa shape index (κ2) is 6.78. The Hall–Kier alpha value is -1.76. The van der Waals surface area contributed by atoms with E-state index in [1.807, 2.05) is 0 Å². The minimum atomic E-state index is -3.86. The molecule has 1 N–H and O–H groups in total. The summed E-state index contributed by atoms with van der Waals surface area (Å²) in [7, 11) is -3.86. The van der Waals surface area contributed by atoms with Gasteiger partial charge in [-0.15, -0.1) is 0 Å². The molecule has 122 valence electrons. The second-order valence-electron chi connectivity index (χ2n) is 4.75. The Bertz CT molecular complexity index is 849. The van der Waals surface area contributed by atoms with Crippen molar-refractivity contribution >= 4 is 44.9 Å². The fourth-order valence-corrected chi connectivity index (χ4v) is 3.14. The molecule has 0 aromatic heterocycles. The van der Waals surface area contributed by atoms with Crippen LogP contribution in [0.2, 0.25) is 10.0 Å². The smallest absolute Gasteiger partial charge is 0.308 e. The summed E-state index contributed by atoms with van der Waals surface area (Å²) < 4.78 is 32.2. The van der Waals surface area contributed by atoms with E-state index in [1.54, 1.807) is 6.92 Å². The van der Waals surface area contributed by atoms with Crippen molar-refractivity contribution in [1.82, 2.24) is 0 Å². The molecule has 0 unspecified atom stereocenters. The van der Waals surface area contributed by atoms with Crippen LogP contribution in [0.3, 0.4) is 0 Å². The molecule has 0 fully saturated rings. The number of carbonyl (C=O) groups excluding carboxylic acids is 1. The first-order valence-electron chi connectivity index (χ1n) is 6.46. The van der Waals surface area contributed by atoms with Crippen LogP contribution in [0, 0.1) is 6.92 Å². The van der Waals surface area contributed by atoms with Crippen molar-refractivity contribution in [3.63, 3.8) is 0 Å². The van der Waals surface area contributed by atoms with Gasteiger partial charge in [-0.05, 0) is 42.8 Å². The summed E-state index contributed by atoms with van der Waals surface area (Å²) in [6.45, 7) is 2.92. The van der Waals surface area contributed by atoms with Gasteiger partial charge in [-0.3, -0.25) is 9.52 Å². The molecule has 0 bridgehead atoms. The summed E-state index contributed by atoms with van der Waals surface area (Å²) in [5.41, 5.74) is 0.758. The lowest BCUT2D eigenvalue weighted by atomic mass is 10.2. The highest BCUT2D eigenvalue weighted by Gasteiger charge is 2.18. The molecular formula is C15H13Cl2NO4S. The lowest BCUT2D eigenvalue weighted by Gasteiger charge is -2.14. The van der Waals surface area contributed by atoms with Crippen molar-refractivity contribution in [2.45, 2.75) is 18.7 Å². The van der Waals surface area contributed by atoms with Crippen LogP contribution in [-0.4, -0.2) is 14.4 Å². The number of rotatable bonds is 4. The monoisotopic (exact) mass is 373 g/mol. The van der Waals surface area contributed by atoms with Gasteiger partial charge >= 0.3 is 5.97 Å². The van der Waals surface area contributed by atoms with Crippen LogP contribution in [0.25, 0.3) is 0 Å². The summed E-state index contributed by atoms with van der Waals surface area (Å²) >= 11 is 11.7. The van der Waals surface area contributed by atoms with Crippen LogP contribution in [0.15, 0.2) is 41.3 Å². The normalized spacial score (nSPS) is 11.1. The van der Waals surface area contributed by atoms with Gasteiger partial charge in [-0.1, -0.05) is 23.2 Å². The van der Waals surface area contributed by atoms with Gasteiger partial charge in [0.25, 0.3) is 10.0 Å². The molecule has 0 atom stereocenters. The molecule has 2 rings (SSSR count). The SMILES string of the molecule is CC(=O)Oc1cc(Cl)c(C)cc1NS(=O)(=O)c1ccc(Cl)cc1. The topological polar surface area (TPSA) is 72.5 Å². The Morgan fingerprint density at radius 2 is 1.74 bits per heavy atom. The molecule has 0 saturated carbocycles.